The van der Waals surface area contributed by atoms with Gasteiger partial charge in [0.1, 0.15) is 0 Å². The highest BCUT2D eigenvalue weighted by Crippen LogP contribution is 2.39. The molecule has 3 nitrogen and oxygen atoms in total. The third-order valence-corrected chi connectivity index (χ3v) is 4.97. The Kier molecular flexibility index (Phi) is 3.60. The van der Waals surface area contributed by atoms with Crippen molar-refractivity contribution >= 4 is 5.91 Å². The van der Waals surface area contributed by atoms with Crippen LogP contribution in [0.5, 0.6) is 0 Å². The highest BCUT2D eigenvalue weighted by molar-refractivity contribution is 5.76. The van der Waals surface area contributed by atoms with Crippen LogP contribution in [-0.2, 0) is 4.79 Å². The van der Waals surface area contributed by atoms with Crippen molar-refractivity contribution < 1.29 is 4.79 Å². The Bertz CT molecular complexity index is 300. The summed E-state index contributed by atoms with van der Waals surface area (Å²) in [5.74, 6) is 1.72. The van der Waals surface area contributed by atoms with Gasteiger partial charge in [-0.2, -0.15) is 0 Å². The normalized spacial score (nSPS) is 36.4. The fourth-order valence-electron chi connectivity index (χ4n) is 3.93. The summed E-state index contributed by atoms with van der Waals surface area (Å²) in [5, 5.41) is 3.34. The van der Waals surface area contributed by atoms with Gasteiger partial charge in [0.05, 0.1) is 0 Å². The Labute approximate surface area is 110 Å². The minimum Gasteiger partial charge on any atom is -0.353 e. The van der Waals surface area contributed by atoms with E-state index >= 15 is 0 Å². The molecule has 2 aliphatic carbocycles. The van der Waals surface area contributed by atoms with Gasteiger partial charge in [-0.25, -0.2) is 0 Å². The molecule has 1 heterocycles. The molecule has 2 saturated carbocycles. The first-order valence-corrected chi connectivity index (χ1v) is 7.81. The maximum absolute atomic E-state index is 11.8. The quantitative estimate of drug-likeness (QED) is 0.829. The van der Waals surface area contributed by atoms with Crippen LogP contribution >= 0.6 is 0 Å². The van der Waals surface area contributed by atoms with Crippen LogP contribution in [0, 0.1) is 11.8 Å². The summed E-state index contributed by atoms with van der Waals surface area (Å²) in [6, 6.07) is 1.37. The van der Waals surface area contributed by atoms with Gasteiger partial charge in [-0.15, -0.1) is 0 Å². The Morgan fingerprint density at radius 1 is 1.17 bits per heavy atom. The molecule has 0 radical (unpaired) electrons. The number of rotatable bonds is 4. The molecule has 3 rings (SSSR count). The van der Waals surface area contributed by atoms with Gasteiger partial charge in [0.2, 0.25) is 5.91 Å². The van der Waals surface area contributed by atoms with E-state index in [1.807, 2.05) is 0 Å². The zero-order valence-corrected chi connectivity index (χ0v) is 11.5. The molecule has 1 N–H and O–H groups in total. The topological polar surface area (TPSA) is 32.3 Å². The second kappa shape index (κ2) is 5.20. The van der Waals surface area contributed by atoms with Gasteiger partial charge in [-0.1, -0.05) is 13.3 Å². The van der Waals surface area contributed by atoms with Crippen LogP contribution in [0.1, 0.15) is 51.9 Å². The van der Waals surface area contributed by atoms with Gasteiger partial charge in [0.25, 0.3) is 0 Å². The second-order valence-corrected chi connectivity index (χ2v) is 6.48. The number of fused-ring (bicyclic) bond motifs is 2. The van der Waals surface area contributed by atoms with Crippen LogP contribution < -0.4 is 5.32 Å². The van der Waals surface area contributed by atoms with Crippen molar-refractivity contribution in [3.05, 3.63) is 0 Å². The first kappa shape index (κ1) is 12.5. The number of hydrogen-bond donors (Lipinski definition) is 1. The number of piperidine rings is 1. The molecule has 2 unspecified atom stereocenters. The van der Waals surface area contributed by atoms with Crippen molar-refractivity contribution in [1.29, 1.82) is 0 Å². The van der Waals surface area contributed by atoms with E-state index < -0.39 is 0 Å². The minimum atomic E-state index is 0.277. The third-order valence-electron chi connectivity index (χ3n) is 4.97. The molecule has 3 fully saturated rings. The predicted molar refractivity (Wildman–Crippen MR) is 72.3 cm³/mol. The summed E-state index contributed by atoms with van der Waals surface area (Å²) in [7, 11) is 0. The van der Waals surface area contributed by atoms with Crippen LogP contribution in [0.2, 0.25) is 0 Å². The summed E-state index contributed by atoms with van der Waals surface area (Å²) in [6.07, 6.45) is 8.48. The summed E-state index contributed by atoms with van der Waals surface area (Å²) >= 11 is 0. The van der Waals surface area contributed by atoms with E-state index in [-0.39, 0.29) is 5.91 Å². The third kappa shape index (κ3) is 2.56. The predicted octanol–water partition coefficient (Wildman–Crippen LogP) is 2.17. The largest absolute Gasteiger partial charge is 0.353 e. The molecule has 0 aromatic rings. The van der Waals surface area contributed by atoms with E-state index in [2.05, 4.69) is 17.1 Å². The maximum atomic E-state index is 11.8. The molecule has 102 valence electrons. The van der Waals surface area contributed by atoms with Crippen LogP contribution in [-0.4, -0.2) is 36.0 Å². The standard InChI is InChI=1S/C15H26N2O/c1-2-4-14(18)16-15-11-5-3-6-12(15)10-17(9-11)13-7-8-13/h11-13,15H,2-10H2,1H3,(H,16,18). The van der Waals surface area contributed by atoms with E-state index in [1.165, 1.54) is 45.2 Å². The number of nitrogens with zero attached hydrogens (tertiary/aromatic N) is 1. The molecule has 3 heteroatoms. The van der Waals surface area contributed by atoms with E-state index in [1.54, 1.807) is 0 Å². The van der Waals surface area contributed by atoms with E-state index in [9.17, 15) is 4.79 Å². The highest BCUT2D eigenvalue weighted by Gasteiger charge is 2.43. The zero-order chi connectivity index (χ0) is 12.5. The molecular weight excluding hydrogens is 224 g/mol. The number of hydrogen-bond acceptors (Lipinski definition) is 2. The van der Waals surface area contributed by atoms with Crippen molar-refractivity contribution in [2.45, 2.75) is 64.0 Å². The lowest BCUT2D eigenvalue weighted by atomic mass is 9.73. The Balaban J connectivity index is 1.62. The average molecular weight is 250 g/mol. The number of carbonyl (C=O) groups is 1. The molecule has 0 spiro atoms. The molecule has 0 aromatic carbocycles. The SMILES string of the molecule is CCCC(=O)NC1C2CCCC1CN(C1CC1)C2. The molecule has 1 aliphatic heterocycles. The zero-order valence-electron chi connectivity index (χ0n) is 11.5. The molecule has 2 atom stereocenters. The van der Waals surface area contributed by atoms with E-state index in [0.717, 1.165) is 24.3 Å². The van der Waals surface area contributed by atoms with Gasteiger partial charge in [0.15, 0.2) is 0 Å². The van der Waals surface area contributed by atoms with E-state index in [0.29, 0.717) is 12.5 Å². The van der Waals surface area contributed by atoms with Crippen molar-refractivity contribution in [2.75, 3.05) is 13.1 Å². The molecule has 2 bridgehead atoms. The molecule has 1 amide bonds. The molecule has 0 aromatic heterocycles. The Morgan fingerprint density at radius 2 is 1.83 bits per heavy atom. The lowest BCUT2D eigenvalue weighted by Crippen LogP contribution is -2.58. The monoisotopic (exact) mass is 250 g/mol. The number of nitrogens with one attached hydrogen (secondary N) is 1. The van der Waals surface area contributed by atoms with Gasteiger partial charge in [-0.3, -0.25) is 9.69 Å². The number of amides is 1. The summed E-state index contributed by atoms with van der Waals surface area (Å²) < 4.78 is 0. The van der Waals surface area contributed by atoms with Crippen molar-refractivity contribution in [1.82, 2.24) is 10.2 Å². The molecule has 3 aliphatic rings. The van der Waals surface area contributed by atoms with Gasteiger partial charge in [-0.05, 0) is 43.9 Å². The lowest BCUT2D eigenvalue weighted by Gasteiger charge is -2.47. The molecule has 18 heavy (non-hydrogen) atoms. The maximum Gasteiger partial charge on any atom is 0.220 e. The molecule has 1 saturated heterocycles. The fraction of sp³-hybridized carbons (Fsp3) is 0.933. The van der Waals surface area contributed by atoms with Gasteiger partial charge < -0.3 is 5.32 Å². The fourth-order valence-corrected chi connectivity index (χ4v) is 3.93. The van der Waals surface area contributed by atoms with Gasteiger partial charge >= 0.3 is 0 Å². The second-order valence-electron chi connectivity index (χ2n) is 6.48. The van der Waals surface area contributed by atoms with E-state index in [4.69, 9.17) is 0 Å². The minimum absolute atomic E-state index is 0.277. The Hall–Kier alpha value is -0.570. The van der Waals surface area contributed by atoms with Gasteiger partial charge in [0, 0.05) is 31.6 Å². The van der Waals surface area contributed by atoms with Crippen LogP contribution in [0.25, 0.3) is 0 Å². The first-order chi connectivity index (χ1) is 8.78. The lowest BCUT2D eigenvalue weighted by molar-refractivity contribution is -0.123. The first-order valence-electron chi connectivity index (χ1n) is 7.81. The summed E-state index contributed by atoms with van der Waals surface area (Å²) in [6.45, 7) is 4.55. The Morgan fingerprint density at radius 3 is 2.39 bits per heavy atom. The van der Waals surface area contributed by atoms with Crippen LogP contribution in [0.4, 0.5) is 0 Å². The summed E-state index contributed by atoms with van der Waals surface area (Å²) in [5.41, 5.74) is 0. The van der Waals surface area contributed by atoms with Crippen LogP contribution in [0.3, 0.4) is 0 Å². The highest BCUT2D eigenvalue weighted by atomic mass is 16.1. The number of carbonyl (C=O) groups excluding carboxylic acids is 1. The summed E-state index contributed by atoms with van der Waals surface area (Å²) in [4.78, 5) is 14.6. The number of likely N-dealkylation sites (tertiary alicyclic amines) is 1. The van der Waals surface area contributed by atoms with Crippen molar-refractivity contribution in [3.63, 3.8) is 0 Å². The van der Waals surface area contributed by atoms with Crippen LogP contribution in [0.15, 0.2) is 0 Å². The molecular formula is C15H26N2O. The smallest absolute Gasteiger partial charge is 0.220 e. The van der Waals surface area contributed by atoms with Crippen molar-refractivity contribution in [3.8, 4) is 0 Å². The van der Waals surface area contributed by atoms with Crippen molar-refractivity contribution in [2.24, 2.45) is 11.8 Å². The average Bonchev–Trinajstić information content (AvgIpc) is 3.12.